The number of methoxy groups -OCH3 is 1. The number of hydrogen-bond acceptors (Lipinski definition) is 2. The first-order valence-electron chi connectivity index (χ1n) is 7.26. The van der Waals surface area contributed by atoms with Crippen LogP contribution in [0.5, 0.6) is 5.75 Å². The Hall–Kier alpha value is -1.51. The van der Waals surface area contributed by atoms with E-state index in [9.17, 15) is 4.79 Å². The summed E-state index contributed by atoms with van der Waals surface area (Å²) < 4.78 is 5.45. The van der Waals surface area contributed by atoms with Crippen LogP contribution in [0.1, 0.15) is 63.3 Å². The van der Waals surface area contributed by atoms with Gasteiger partial charge in [0.1, 0.15) is 5.75 Å². The maximum absolute atomic E-state index is 11.8. The molecule has 0 aromatic heterocycles. The zero-order chi connectivity index (χ0) is 15.4. The average Bonchev–Trinajstić information content (AvgIpc) is 2.37. The summed E-state index contributed by atoms with van der Waals surface area (Å²) in [7, 11) is 1.70. The second kappa shape index (κ2) is 6.78. The van der Waals surface area contributed by atoms with Crippen LogP contribution in [0, 0.1) is 12.8 Å². The van der Waals surface area contributed by atoms with Crippen molar-refractivity contribution in [1.82, 2.24) is 5.32 Å². The van der Waals surface area contributed by atoms with Crippen LogP contribution in [0.25, 0.3) is 0 Å². The van der Waals surface area contributed by atoms with Gasteiger partial charge in [-0.1, -0.05) is 27.7 Å². The summed E-state index contributed by atoms with van der Waals surface area (Å²) >= 11 is 0. The van der Waals surface area contributed by atoms with E-state index >= 15 is 0 Å². The summed E-state index contributed by atoms with van der Waals surface area (Å²) in [4.78, 5) is 11.8. The first-order chi connectivity index (χ1) is 9.27. The van der Waals surface area contributed by atoms with Crippen molar-refractivity contribution in [3.8, 4) is 5.75 Å². The quantitative estimate of drug-likeness (QED) is 0.884. The molecule has 0 saturated carbocycles. The van der Waals surface area contributed by atoms with Gasteiger partial charge in [0, 0.05) is 5.92 Å². The number of benzene rings is 1. The van der Waals surface area contributed by atoms with Crippen LogP contribution < -0.4 is 10.1 Å². The van der Waals surface area contributed by atoms with E-state index in [1.54, 1.807) is 7.11 Å². The van der Waals surface area contributed by atoms with Gasteiger partial charge in [0.2, 0.25) is 5.91 Å². The predicted molar refractivity (Wildman–Crippen MR) is 83.2 cm³/mol. The Balaban J connectivity index is 3.11. The Kier molecular flexibility index (Phi) is 5.61. The van der Waals surface area contributed by atoms with Crippen molar-refractivity contribution >= 4 is 5.91 Å². The number of hydrogen-bond donors (Lipinski definition) is 1. The minimum Gasteiger partial charge on any atom is -0.496 e. The molecule has 0 spiro atoms. The first-order valence-corrected chi connectivity index (χ1v) is 7.26. The van der Waals surface area contributed by atoms with Gasteiger partial charge in [0.05, 0.1) is 13.2 Å². The van der Waals surface area contributed by atoms with E-state index < -0.39 is 0 Å². The number of carbonyl (C=O) groups excluding carboxylic acids is 1. The molecule has 1 atom stereocenters. The lowest BCUT2D eigenvalue weighted by molar-refractivity contribution is -0.124. The zero-order valence-corrected chi connectivity index (χ0v) is 13.7. The smallest absolute Gasteiger partial charge is 0.223 e. The van der Waals surface area contributed by atoms with E-state index in [4.69, 9.17) is 4.74 Å². The third-order valence-corrected chi connectivity index (χ3v) is 3.59. The van der Waals surface area contributed by atoms with E-state index in [2.05, 4.69) is 38.2 Å². The summed E-state index contributed by atoms with van der Waals surface area (Å²) in [5, 5.41) is 3.06. The Morgan fingerprint density at radius 1 is 1.10 bits per heavy atom. The van der Waals surface area contributed by atoms with E-state index in [1.807, 2.05) is 20.8 Å². The highest BCUT2D eigenvalue weighted by Crippen LogP contribution is 2.32. The second-order valence-corrected chi connectivity index (χ2v) is 5.99. The molecule has 20 heavy (non-hydrogen) atoms. The van der Waals surface area contributed by atoms with Gasteiger partial charge in [-0.25, -0.2) is 0 Å². The highest BCUT2D eigenvalue weighted by molar-refractivity contribution is 5.78. The molecule has 1 aromatic carbocycles. The van der Waals surface area contributed by atoms with Crippen LogP contribution in [0.15, 0.2) is 12.1 Å². The molecule has 0 aliphatic heterocycles. The molecule has 0 aliphatic carbocycles. The average molecular weight is 277 g/mol. The Labute approximate surface area is 122 Å². The van der Waals surface area contributed by atoms with E-state index in [0.29, 0.717) is 5.92 Å². The first kappa shape index (κ1) is 16.5. The molecule has 0 aliphatic rings. The third-order valence-electron chi connectivity index (χ3n) is 3.59. The standard InChI is InChI=1S/C17H27NO2/c1-10(2)14-9-15(12(5)8-16(14)20-7)13(6)18-17(19)11(3)4/h8-11,13H,1-7H3,(H,18,19)/t13-/m0/s1. The van der Waals surface area contributed by atoms with Crippen molar-refractivity contribution in [2.75, 3.05) is 7.11 Å². The van der Waals surface area contributed by atoms with Crippen LogP contribution >= 0.6 is 0 Å². The molecule has 0 unspecified atom stereocenters. The monoisotopic (exact) mass is 277 g/mol. The molecule has 1 rings (SSSR count). The number of aryl methyl sites for hydroxylation is 1. The Morgan fingerprint density at radius 2 is 1.70 bits per heavy atom. The Bertz CT molecular complexity index is 478. The van der Waals surface area contributed by atoms with Crippen LogP contribution in [0.3, 0.4) is 0 Å². The van der Waals surface area contributed by atoms with Crippen molar-refractivity contribution in [2.45, 2.75) is 53.5 Å². The molecular formula is C17H27NO2. The van der Waals surface area contributed by atoms with Gasteiger partial charge in [-0.3, -0.25) is 4.79 Å². The summed E-state index contributed by atoms with van der Waals surface area (Å²) in [6.07, 6.45) is 0. The van der Waals surface area contributed by atoms with Crippen LogP contribution in [0.4, 0.5) is 0 Å². The van der Waals surface area contributed by atoms with Gasteiger partial charge in [-0.2, -0.15) is 0 Å². The summed E-state index contributed by atoms with van der Waals surface area (Å²) in [5.41, 5.74) is 3.48. The molecule has 0 saturated heterocycles. The summed E-state index contributed by atoms with van der Waals surface area (Å²) in [6, 6.07) is 4.22. The van der Waals surface area contributed by atoms with Crippen LogP contribution in [0.2, 0.25) is 0 Å². The lowest BCUT2D eigenvalue weighted by Gasteiger charge is -2.21. The van der Waals surface area contributed by atoms with Crippen molar-refractivity contribution < 1.29 is 9.53 Å². The van der Waals surface area contributed by atoms with Crippen LogP contribution in [-0.2, 0) is 4.79 Å². The normalized spacial score (nSPS) is 12.7. The molecule has 3 nitrogen and oxygen atoms in total. The lowest BCUT2D eigenvalue weighted by Crippen LogP contribution is -2.30. The highest BCUT2D eigenvalue weighted by Gasteiger charge is 2.17. The molecule has 0 fully saturated rings. The Morgan fingerprint density at radius 3 is 2.15 bits per heavy atom. The van der Waals surface area contributed by atoms with E-state index in [-0.39, 0.29) is 17.9 Å². The maximum Gasteiger partial charge on any atom is 0.223 e. The van der Waals surface area contributed by atoms with Gasteiger partial charge >= 0.3 is 0 Å². The summed E-state index contributed by atoms with van der Waals surface area (Å²) in [5.74, 6) is 1.39. The number of nitrogens with one attached hydrogen (secondary N) is 1. The third kappa shape index (κ3) is 3.75. The molecule has 1 N–H and O–H groups in total. The van der Waals surface area contributed by atoms with Gasteiger partial charge in [0.25, 0.3) is 0 Å². The van der Waals surface area contributed by atoms with Crippen LogP contribution in [-0.4, -0.2) is 13.0 Å². The maximum atomic E-state index is 11.8. The topological polar surface area (TPSA) is 38.3 Å². The summed E-state index contributed by atoms with van der Waals surface area (Å²) in [6.45, 7) is 12.2. The van der Waals surface area contributed by atoms with Gasteiger partial charge < -0.3 is 10.1 Å². The van der Waals surface area contributed by atoms with Crippen molar-refractivity contribution in [1.29, 1.82) is 0 Å². The fourth-order valence-corrected chi connectivity index (χ4v) is 2.27. The zero-order valence-electron chi connectivity index (χ0n) is 13.7. The minimum absolute atomic E-state index is 0.000531. The number of ether oxygens (including phenoxy) is 1. The SMILES string of the molecule is COc1cc(C)c([C@H](C)NC(=O)C(C)C)cc1C(C)C. The van der Waals surface area contributed by atoms with Gasteiger partial charge in [-0.15, -0.1) is 0 Å². The van der Waals surface area contributed by atoms with Crippen molar-refractivity contribution in [2.24, 2.45) is 5.92 Å². The minimum atomic E-state index is 0.000531. The van der Waals surface area contributed by atoms with E-state index in [0.717, 1.165) is 16.9 Å². The lowest BCUT2D eigenvalue weighted by atomic mass is 9.93. The van der Waals surface area contributed by atoms with Crippen molar-refractivity contribution in [3.63, 3.8) is 0 Å². The second-order valence-electron chi connectivity index (χ2n) is 5.99. The predicted octanol–water partition coefficient (Wildman–Crippen LogP) is 3.96. The molecule has 112 valence electrons. The van der Waals surface area contributed by atoms with Gasteiger partial charge in [0.15, 0.2) is 0 Å². The highest BCUT2D eigenvalue weighted by atomic mass is 16.5. The number of amides is 1. The largest absolute Gasteiger partial charge is 0.496 e. The van der Waals surface area contributed by atoms with Crippen molar-refractivity contribution in [3.05, 3.63) is 28.8 Å². The molecular weight excluding hydrogens is 250 g/mol. The fraction of sp³-hybridized carbons (Fsp3) is 0.588. The van der Waals surface area contributed by atoms with Gasteiger partial charge in [-0.05, 0) is 48.6 Å². The molecule has 1 amide bonds. The number of carbonyl (C=O) groups is 1. The molecule has 0 bridgehead atoms. The molecule has 0 radical (unpaired) electrons. The number of rotatable bonds is 5. The fourth-order valence-electron chi connectivity index (χ4n) is 2.27. The molecule has 0 heterocycles. The molecule has 3 heteroatoms. The van der Waals surface area contributed by atoms with E-state index in [1.165, 1.54) is 5.56 Å². The molecule has 1 aromatic rings.